The van der Waals surface area contributed by atoms with Gasteiger partial charge in [-0.1, -0.05) is 11.6 Å². The Labute approximate surface area is 191 Å². The van der Waals surface area contributed by atoms with E-state index in [9.17, 15) is 4.39 Å². The van der Waals surface area contributed by atoms with E-state index in [-0.39, 0.29) is 5.82 Å². The molecule has 1 aliphatic heterocycles. The van der Waals surface area contributed by atoms with Crippen LogP contribution < -0.4 is 4.90 Å². The van der Waals surface area contributed by atoms with Crippen molar-refractivity contribution < 1.29 is 4.39 Å². The molecular weight excluding hydrogens is 427 g/mol. The second-order valence-corrected chi connectivity index (χ2v) is 8.80. The van der Waals surface area contributed by atoms with Crippen LogP contribution in [0.2, 0.25) is 5.02 Å². The van der Waals surface area contributed by atoms with Gasteiger partial charge in [-0.05, 0) is 62.9 Å². The van der Waals surface area contributed by atoms with E-state index in [0.717, 1.165) is 72.3 Å². The molecule has 32 heavy (non-hydrogen) atoms. The number of anilines is 1. The van der Waals surface area contributed by atoms with Crippen LogP contribution in [0, 0.1) is 25.6 Å². The third-order valence-electron chi connectivity index (χ3n) is 5.99. The first kappa shape index (κ1) is 20.8. The molecule has 4 aromatic rings. The van der Waals surface area contributed by atoms with Crippen LogP contribution in [0.4, 0.5) is 10.2 Å². The first-order valence-corrected chi connectivity index (χ1v) is 11.2. The van der Waals surface area contributed by atoms with Crippen molar-refractivity contribution in [3.05, 3.63) is 70.8 Å². The predicted molar refractivity (Wildman–Crippen MR) is 124 cm³/mol. The zero-order valence-electron chi connectivity index (χ0n) is 18.1. The topological polar surface area (TPSA) is 59.2 Å². The number of pyridine rings is 1. The minimum Gasteiger partial charge on any atom is -0.356 e. The average molecular weight is 451 g/mol. The third-order valence-corrected chi connectivity index (χ3v) is 6.30. The first-order chi connectivity index (χ1) is 15.5. The van der Waals surface area contributed by atoms with E-state index in [4.69, 9.17) is 21.7 Å². The van der Waals surface area contributed by atoms with E-state index < -0.39 is 0 Å². The van der Waals surface area contributed by atoms with Crippen LogP contribution in [0.3, 0.4) is 0 Å². The van der Waals surface area contributed by atoms with E-state index in [1.54, 1.807) is 10.6 Å². The van der Waals surface area contributed by atoms with Crippen molar-refractivity contribution >= 4 is 23.1 Å². The van der Waals surface area contributed by atoms with Crippen LogP contribution >= 0.6 is 11.6 Å². The molecule has 5 rings (SSSR count). The Bertz CT molecular complexity index is 1260. The van der Waals surface area contributed by atoms with Gasteiger partial charge in [-0.25, -0.2) is 23.9 Å². The van der Waals surface area contributed by atoms with Crippen LogP contribution in [0.1, 0.15) is 30.2 Å². The van der Waals surface area contributed by atoms with Gasteiger partial charge in [0.15, 0.2) is 11.5 Å². The summed E-state index contributed by atoms with van der Waals surface area (Å²) < 4.78 is 15.3. The van der Waals surface area contributed by atoms with E-state index in [1.807, 2.05) is 32.2 Å². The highest BCUT2D eigenvalue weighted by molar-refractivity contribution is 6.33. The second-order valence-electron chi connectivity index (χ2n) is 8.39. The molecule has 0 atom stereocenters. The van der Waals surface area contributed by atoms with Gasteiger partial charge in [0.05, 0.1) is 5.02 Å². The van der Waals surface area contributed by atoms with Crippen molar-refractivity contribution in [3.63, 3.8) is 0 Å². The van der Waals surface area contributed by atoms with Crippen LogP contribution in [0.5, 0.6) is 0 Å². The Morgan fingerprint density at radius 1 is 1.03 bits per heavy atom. The lowest BCUT2D eigenvalue weighted by Gasteiger charge is -2.32. The Balaban J connectivity index is 1.32. The van der Waals surface area contributed by atoms with Gasteiger partial charge in [0.25, 0.3) is 0 Å². The molecular formula is C24H24ClFN6. The number of piperidine rings is 1. The summed E-state index contributed by atoms with van der Waals surface area (Å²) in [5, 5.41) is 5.06. The van der Waals surface area contributed by atoms with Gasteiger partial charge in [-0.3, -0.25) is 0 Å². The molecule has 3 aromatic heterocycles. The highest BCUT2D eigenvalue weighted by Gasteiger charge is 2.23. The molecule has 0 aliphatic carbocycles. The molecule has 164 valence electrons. The average Bonchev–Trinajstić information content (AvgIpc) is 3.16. The Morgan fingerprint density at radius 3 is 2.59 bits per heavy atom. The third kappa shape index (κ3) is 4.17. The summed E-state index contributed by atoms with van der Waals surface area (Å²) >= 11 is 6.30. The van der Waals surface area contributed by atoms with Crippen molar-refractivity contribution in [2.75, 3.05) is 18.0 Å². The van der Waals surface area contributed by atoms with Gasteiger partial charge in [-0.15, -0.1) is 0 Å². The van der Waals surface area contributed by atoms with Gasteiger partial charge >= 0.3 is 0 Å². The molecule has 0 amide bonds. The van der Waals surface area contributed by atoms with Crippen molar-refractivity contribution in [3.8, 4) is 11.1 Å². The van der Waals surface area contributed by atoms with Crippen molar-refractivity contribution in [1.82, 2.24) is 24.6 Å². The fourth-order valence-electron chi connectivity index (χ4n) is 4.44. The zero-order chi connectivity index (χ0) is 22.2. The maximum atomic E-state index is 13.5. The van der Waals surface area contributed by atoms with Gasteiger partial charge in [-0.2, -0.15) is 5.10 Å². The molecule has 1 aliphatic rings. The number of rotatable bonds is 4. The highest BCUT2D eigenvalue weighted by atomic mass is 35.5. The van der Waals surface area contributed by atoms with Crippen LogP contribution in [0.15, 0.2) is 42.6 Å². The molecule has 0 N–H and O–H groups in total. The van der Waals surface area contributed by atoms with Crippen LogP contribution in [-0.2, 0) is 6.42 Å². The number of benzene rings is 1. The van der Waals surface area contributed by atoms with E-state index in [2.05, 4.69) is 20.9 Å². The lowest BCUT2D eigenvalue weighted by molar-refractivity contribution is 0.395. The summed E-state index contributed by atoms with van der Waals surface area (Å²) in [6.07, 6.45) is 4.84. The van der Waals surface area contributed by atoms with Crippen molar-refractivity contribution in [2.24, 2.45) is 5.92 Å². The molecule has 1 saturated heterocycles. The molecule has 0 saturated carbocycles. The summed E-state index contributed by atoms with van der Waals surface area (Å²) in [6, 6.07) is 10.3. The summed E-state index contributed by atoms with van der Waals surface area (Å²) in [7, 11) is 0. The SMILES string of the molecule is Cc1cc(N2CCC(Cc3nc4c(-c5ccc(F)cc5Cl)cccn4n3)CC2)nc(C)n1. The van der Waals surface area contributed by atoms with Gasteiger partial charge in [0.2, 0.25) is 0 Å². The largest absolute Gasteiger partial charge is 0.356 e. The minimum atomic E-state index is -0.355. The lowest BCUT2D eigenvalue weighted by atomic mass is 9.93. The Morgan fingerprint density at radius 2 is 1.84 bits per heavy atom. The molecule has 8 heteroatoms. The molecule has 0 bridgehead atoms. The second kappa shape index (κ2) is 8.47. The number of hydrogen-bond donors (Lipinski definition) is 0. The van der Waals surface area contributed by atoms with Gasteiger partial charge in [0.1, 0.15) is 17.5 Å². The normalized spacial score (nSPS) is 14.9. The van der Waals surface area contributed by atoms with Crippen LogP contribution in [0.25, 0.3) is 16.8 Å². The number of hydrogen-bond acceptors (Lipinski definition) is 5. The maximum absolute atomic E-state index is 13.5. The predicted octanol–water partition coefficient (Wildman–Crippen LogP) is 5.05. The number of fused-ring (bicyclic) bond motifs is 1. The van der Waals surface area contributed by atoms with Crippen molar-refractivity contribution in [2.45, 2.75) is 33.1 Å². The standard InChI is InChI=1S/C24H24ClFN6/c1-15-12-23(28-16(2)27-15)31-10-7-17(8-11-31)13-22-29-24-20(4-3-9-32(24)30-22)19-6-5-18(26)14-21(19)25/h3-6,9,12,14,17H,7-8,10-11,13H2,1-2H3. The summed E-state index contributed by atoms with van der Waals surface area (Å²) in [4.78, 5) is 16.1. The molecule has 4 heterocycles. The summed E-state index contributed by atoms with van der Waals surface area (Å²) in [5.74, 6) is 2.81. The number of halogens is 2. The molecule has 1 aromatic carbocycles. The minimum absolute atomic E-state index is 0.355. The molecule has 0 radical (unpaired) electrons. The molecule has 0 spiro atoms. The van der Waals surface area contributed by atoms with Gasteiger partial charge < -0.3 is 4.90 Å². The first-order valence-electron chi connectivity index (χ1n) is 10.8. The fourth-order valence-corrected chi connectivity index (χ4v) is 4.71. The fraction of sp³-hybridized carbons (Fsp3) is 0.333. The van der Waals surface area contributed by atoms with E-state index in [0.29, 0.717) is 10.9 Å². The number of aryl methyl sites for hydroxylation is 2. The number of aromatic nitrogens is 5. The maximum Gasteiger partial charge on any atom is 0.163 e. The zero-order valence-corrected chi connectivity index (χ0v) is 18.8. The lowest BCUT2D eigenvalue weighted by Crippen LogP contribution is -2.35. The van der Waals surface area contributed by atoms with E-state index >= 15 is 0 Å². The monoisotopic (exact) mass is 450 g/mol. The summed E-state index contributed by atoms with van der Waals surface area (Å²) in [6.45, 7) is 5.87. The highest BCUT2D eigenvalue weighted by Crippen LogP contribution is 2.31. The Hall–Kier alpha value is -3.06. The van der Waals surface area contributed by atoms with Gasteiger partial charge in [0, 0.05) is 48.6 Å². The molecule has 0 unspecified atom stereocenters. The van der Waals surface area contributed by atoms with E-state index in [1.165, 1.54) is 12.1 Å². The molecule has 1 fully saturated rings. The quantitative estimate of drug-likeness (QED) is 0.435. The summed E-state index contributed by atoms with van der Waals surface area (Å²) in [5.41, 5.74) is 3.34. The molecule has 6 nitrogen and oxygen atoms in total. The van der Waals surface area contributed by atoms with Crippen LogP contribution in [-0.4, -0.2) is 37.7 Å². The Kier molecular flexibility index (Phi) is 5.51. The van der Waals surface area contributed by atoms with Crippen molar-refractivity contribution in [1.29, 1.82) is 0 Å². The smallest absolute Gasteiger partial charge is 0.163 e. The number of nitrogens with zero attached hydrogens (tertiary/aromatic N) is 6.